The molecule has 24 heavy (non-hydrogen) atoms. The normalized spacial score (nSPS) is 38.8. The van der Waals surface area contributed by atoms with E-state index in [1.165, 1.54) is 38.8 Å². The lowest BCUT2D eigenvalue weighted by atomic mass is 9.81. The Bertz CT molecular complexity index is 390. The van der Waals surface area contributed by atoms with Gasteiger partial charge in [-0.25, -0.2) is 0 Å². The van der Waals surface area contributed by atoms with Crippen LogP contribution in [0.25, 0.3) is 0 Å². The molecule has 3 fully saturated rings. The summed E-state index contributed by atoms with van der Waals surface area (Å²) >= 11 is 0. The zero-order valence-corrected chi connectivity index (χ0v) is 16.2. The van der Waals surface area contributed by atoms with Gasteiger partial charge in [-0.3, -0.25) is 0 Å². The Morgan fingerprint density at radius 3 is 2.58 bits per heavy atom. The molecule has 3 unspecified atom stereocenters. The smallest absolute Gasteiger partial charge is 0.0702 e. The van der Waals surface area contributed by atoms with Crippen molar-refractivity contribution in [3.05, 3.63) is 0 Å². The van der Waals surface area contributed by atoms with E-state index < -0.39 is 0 Å². The highest BCUT2D eigenvalue weighted by molar-refractivity contribution is 4.90. The fourth-order valence-corrected chi connectivity index (χ4v) is 4.88. The third kappa shape index (κ3) is 4.72. The van der Waals surface area contributed by atoms with Crippen LogP contribution in [0.1, 0.15) is 53.4 Å². The number of hydrogen-bond donors (Lipinski definition) is 1. The summed E-state index contributed by atoms with van der Waals surface area (Å²) in [5.74, 6) is 1.39. The lowest BCUT2D eigenvalue weighted by Crippen LogP contribution is -2.51. The van der Waals surface area contributed by atoms with Gasteiger partial charge in [-0.15, -0.1) is 0 Å². The molecule has 1 N–H and O–H groups in total. The van der Waals surface area contributed by atoms with Gasteiger partial charge in [0.25, 0.3) is 0 Å². The van der Waals surface area contributed by atoms with Crippen LogP contribution in [0, 0.1) is 17.3 Å². The van der Waals surface area contributed by atoms with Gasteiger partial charge in [0.15, 0.2) is 0 Å². The molecular weight excluding hydrogens is 300 g/mol. The van der Waals surface area contributed by atoms with Gasteiger partial charge in [-0.05, 0) is 43.6 Å². The van der Waals surface area contributed by atoms with Crippen LogP contribution in [-0.4, -0.2) is 62.5 Å². The van der Waals surface area contributed by atoms with Gasteiger partial charge >= 0.3 is 0 Å². The van der Waals surface area contributed by atoms with Crippen molar-refractivity contribution in [3.8, 4) is 0 Å². The van der Waals surface area contributed by atoms with E-state index in [4.69, 9.17) is 9.47 Å². The Kier molecular flexibility index (Phi) is 6.23. The summed E-state index contributed by atoms with van der Waals surface area (Å²) in [5.41, 5.74) is 0.249. The molecule has 3 rings (SSSR count). The maximum absolute atomic E-state index is 6.03. The molecule has 3 saturated heterocycles. The second kappa shape index (κ2) is 8.03. The molecule has 0 bridgehead atoms. The first-order valence-electron chi connectivity index (χ1n) is 10.1. The van der Waals surface area contributed by atoms with Gasteiger partial charge in [0.05, 0.1) is 12.2 Å². The lowest BCUT2D eigenvalue weighted by molar-refractivity contribution is 0.00526. The van der Waals surface area contributed by atoms with Gasteiger partial charge in [0, 0.05) is 44.8 Å². The quantitative estimate of drug-likeness (QED) is 0.836. The summed E-state index contributed by atoms with van der Waals surface area (Å²) in [6, 6.07) is 0.659. The summed E-state index contributed by atoms with van der Waals surface area (Å²) in [6.45, 7) is 15.9. The number of rotatable bonds is 5. The van der Waals surface area contributed by atoms with Crippen molar-refractivity contribution < 1.29 is 9.47 Å². The van der Waals surface area contributed by atoms with Gasteiger partial charge in [0.2, 0.25) is 0 Å². The Morgan fingerprint density at radius 1 is 1.08 bits per heavy atom. The molecule has 3 aliphatic heterocycles. The number of ether oxygens (including phenoxy) is 2. The van der Waals surface area contributed by atoms with Gasteiger partial charge in [-0.2, -0.15) is 0 Å². The fraction of sp³-hybridized carbons (Fsp3) is 1.00. The van der Waals surface area contributed by atoms with Crippen molar-refractivity contribution in [3.63, 3.8) is 0 Å². The van der Waals surface area contributed by atoms with Crippen LogP contribution in [-0.2, 0) is 9.47 Å². The number of nitrogens with one attached hydrogen (secondary N) is 1. The maximum atomic E-state index is 6.03. The number of likely N-dealkylation sites (tertiary alicyclic amines) is 1. The van der Waals surface area contributed by atoms with Crippen molar-refractivity contribution in [2.45, 2.75) is 71.6 Å². The van der Waals surface area contributed by atoms with Crippen molar-refractivity contribution >= 4 is 0 Å². The number of nitrogens with zero attached hydrogens (tertiary/aromatic N) is 1. The molecule has 0 aromatic carbocycles. The summed E-state index contributed by atoms with van der Waals surface area (Å²) < 4.78 is 11.8. The monoisotopic (exact) mass is 338 g/mol. The maximum Gasteiger partial charge on any atom is 0.0702 e. The summed E-state index contributed by atoms with van der Waals surface area (Å²) in [7, 11) is 0. The van der Waals surface area contributed by atoms with E-state index in [1.54, 1.807) is 0 Å². The molecule has 3 heterocycles. The molecule has 4 heteroatoms. The molecule has 0 amide bonds. The Labute approximate surface area is 148 Å². The second-order valence-corrected chi connectivity index (χ2v) is 9.38. The SMILES string of the molecule is CC1CN(CC2CCCO2)CCC1NC[C@H]1CCO[C@@H]1C(C)(C)C. The highest BCUT2D eigenvalue weighted by Gasteiger charge is 2.38. The third-order valence-electron chi connectivity index (χ3n) is 6.19. The molecule has 0 aromatic heterocycles. The van der Waals surface area contributed by atoms with Crippen LogP contribution < -0.4 is 5.32 Å². The van der Waals surface area contributed by atoms with Crippen LogP contribution in [0.15, 0.2) is 0 Å². The van der Waals surface area contributed by atoms with E-state index in [2.05, 4.69) is 37.9 Å². The Hall–Kier alpha value is -0.160. The molecule has 0 saturated carbocycles. The minimum absolute atomic E-state index is 0.249. The van der Waals surface area contributed by atoms with E-state index in [-0.39, 0.29) is 5.41 Å². The fourth-order valence-electron chi connectivity index (χ4n) is 4.88. The topological polar surface area (TPSA) is 33.7 Å². The number of hydrogen-bond acceptors (Lipinski definition) is 4. The van der Waals surface area contributed by atoms with Crippen molar-refractivity contribution in [1.82, 2.24) is 10.2 Å². The van der Waals surface area contributed by atoms with Crippen LogP contribution in [0.5, 0.6) is 0 Å². The molecule has 5 atom stereocenters. The van der Waals surface area contributed by atoms with Gasteiger partial charge in [0.1, 0.15) is 0 Å². The average molecular weight is 339 g/mol. The first kappa shape index (κ1) is 18.6. The Morgan fingerprint density at radius 2 is 1.92 bits per heavy atom. The van der Waals surface area contributed by atoms with E-state index in [0.717, 1.165) is 32.2 Å². The minimum atomic E-state index is 0.249. The number of piperidine rings is 1. The predicted octanol–water partition coefficient (Wildman–Crippen LogP) is 2.92. The van der Waals surface area contributed by atoms with Gasteiger partial charge in [-0.1, -0.05) is 27.7 Å². The molecular formula is C20H38N2O2. The minimum Gasteiger partial charge on any atom is -0.377 e. The second-order valence-electron chi connectivity index (χ2n) is 9.38. The molecule has 140 valence electrons. The van der Waals surface area contributed by atoms with E-state index in [9.17, 15) is 0 Å². The molecule has 0 aliphatic carbocycles. The van der Waals surface area contributed by atoms with Crippen molar-refractivity contribution in [1.29, 1.82) is 0 Å². The van der Waals surface area contributed by atoms with E-state index >= 15 is 0 Å². The molecule has 0 radical (unpaired) electrons. The molecule has 0 aromatic rings. The summed E-state index contributed by atoms with van der Waals surface area (Å²) in [4.78, 5) is 2.62. The van der Waals surface area contributed by atoms with Gasteiger partial charge < -0.3 is 19.7 Å². The first-order valence-corrected chi connectivity index (χ1v) is 10.1. The van der Waals surface area contributed by atoms with E-state index in [0.29, 0.717) is 24.2 Å². The lowest BCUT2D eigenvalue weighted by Gasteiger charge is -2.39. The molecule has 0 spiro atoms. The Balaban J connectivity index is 1.42. The standard InChI is InChI=1S/C20H38N2O2/c1-15-13-22(14-17-6-5-10-23-17)9-7-18(15)21-12-16-8-11-24-19(16)20(2,3)4/h15-19,21H,5-14H2,1-4H3/t15?,16-,17?,18?,19+/m1/s1. The highest BCUT2D eigenvalue weighted by Crippen LogP contribution is 2.34. The largest absolute Gasteiger partial charge is 0.377 e. The van der Waals surface area contributed by atoms with E-state index in [1.807, 2.05) is 0 Å². The average Bonchev–Trinajstić information content (AvgIpc) is 3.17. The molecule has 3 aliphatic rings. The van der Waals surface area contributed by atoms with Crippen LogP contribution >= 0.6 is 0 Å². The van der Waals surface area contributed by atoms with Crippen LogP contribution in [0.3, 0.4) is 0 Å². The van der Waals surface area contributed by atoms with Crippen molar-refractivity contribution in [2.75, 3.05) is 39.4 Å². The summed E-state index contributed by atoms with van der Waals surface area (Å²) in [6.07, 6.45) is 5.87. The predicted molar refractivity (Wildman–Crippen MR) is 98.3 cm³/mol. The van der Waals surface area contributed by atoms with Crippen molar-refractivity contribution in [2.24, 2.45) is 17.3 Å². The summed E-state index contributed by atoms with van der Waals surface area (Å²) in [5, 5.41) is 3.89. The zero-order valence-electron chi connectivity index (χ0n) is 16.2. The third-order valence-corrected chi connectivity index (χ3v) is 6.19. The molecule has 4 nitrogen and oxygen atoms in total. The highest BCUT2D eigenvalue weighted by atomic mass is 16.5. The first-order chi connectivity index (χ1) is 11.4. The van der Waals surface area contributed by atoms with Crippen LogP contribution in [0.4, 0.5) is 0 Å². The van der Waals surface area contributed by atoms with Crippen LogP contribution in [0.2, 0.25) is 0 Å². The zero-order chi connectivity index (χ0) is 17.2.